The molecule has 0 aliphatic heterocycles. The molecule has 1 aromatic carbocycles. The summed E-state index contributed by atoms with van der Waals surface area (Å²) >= 11 is 3.41. The third-order valence-corrected chi connectivity index (χ3v) is 3.39. The number of benzene rings is 1. The van der Waals surface area contributed by atoms with Crippen molar-refractivity contribution in [3.05, 3.63) is 28.2 Å². The van der Waals surface area contributed by atoms with Crippen molar-refractivity contribution in [2.24, 2.45) is 0 Å². The SMILES string of the molecule is CC1(Nc2cc(Br)cc(C#N)c2)CCC1. The smallest absolute Gasteiger partial charge is 0.0992 e. The molecule has 78 valence electrons. The molecule has 1 fully saturated rings. The Morgan fingerprint density at radius 1 is 1.40 bits per heavy atom. The Balaban J connectivity index is 2.21. The zero-order chi connectivity index (χ0) is 10.9. The van der Waals surface area contributed by atoms with Gasteiger partial charge in [-0.15, -0.1) is 0 Å². The molecule has 0 bridgehead atoms. The summed E-state index contributed by atoms with van der Waals surface area (Å²) in [6.07, 6.45) is 3.71. The van der Waals surface area contributed by atoms with Crippen molar-refractivity contribution in [1.29, 1.82) is 5.26 Å². The molecule has 0 spiro atoms. The molecule has 1 aliphatic carbocycles. The number of anilines is 1. The Bertz CT molecular complexity index is 416. The molecular weight excluding hydrogens is 252 g/mol. The lowest BCUT2D eigenvalue weighted by atomic mass is 9.78. The maximum absolute atomic E-state index is 8.86. The van der Waals surface area contributed by atoms with Crippen molar-refractivity contribution in [3.63, 3.8) is 0 Å². The molecule has 1 N–H and O–H groups in total. The quantitative estimate of drug-likeness (QED) is 0.885. The number of nitrogens with zero attached hydrogens (tertiary/aromatic N) is 1. The normalized spacial score (nSPS) is 17.7. The van der Waals surface area contributed by atoms with Gasteiger partial charge in [-0.1, -0.05) is 15.9 Å². The summed E-state index contributed by atoms with van der Waals surface area (Å²) in [4.78, 5) is 0. The van der Waals surface area contributed by atoms with E-state index in [4.69, 9.17) is 5.26 Å². The van der Waals surface area contributed by atoms with Crippen LogP contribution in [0.5, 0.6) is 0 Å². The van der Waals surface area contributed by atoms with Gasteiger partial charge in [0.05, 0.1) is 11.6 Å². The van der Waals surface area contributed by atoms with Crippen molar-refractivity contribution >= 4 is 21.6 Å². The van der Waals surface area contributed by atoms with E-state index in [1.807, 2.05) is 18.2 Å². The van der Waals surface area contributed by atoms with E-state index in [2.05, 4.69) is 34.2 Å². The first-order valence-electron chi connectivity index (χ1n) is 5.10. The third kappa shape index (κ3) is 2.32. The first-order chi connectivity index (χ1) is 7.11. The Morgan fingerprint density at radius 2 is 2.13 bits per heavy atom. The Kier molecular flexibility index (Phi) is 2.70. The van der Waals surface area contributed by atoms with Gasteiger partial charge in [0, 0.05) is 15.7 Å². The lowest BCUT2D eigenvalue weighted by Crippen LogP contribution is -2.41. The lowest BCUT2D eigenvalue weighted by molar-refractivity contribution is 0.306. The van der Waals surface area contributed by atoms with Crippen LogP contribution in [-0.2, 0) is 0 Å². The highest BCUT2D eigenvalue weighted by Crippen LogP contribution is 2.35. The van der Waals surface area contributed by atoms with Crippen molar-refractivity contribution in [1.82, 2.24) is 0 Å². The standard InChI is InChI=1S/C12H13BrN2/c1-12(3-2-4-12)15-11-6-9(8-14)5-10(13)7-11/h5-7,15H,2-4H2,1H3. The molecule has 1 aliphatic rings. The summed E-state index contributed by atoms with van der Waals surface area (Å²) in [7, 11) is 0. The predicted octanol–water partition coefficient (Wildman–Crippen LogP) is 3.68. The van der Waals surface area contributed by atoms with Crippen LogP contribution in [0.4, 0.5) is 5.69 Å². The molecule has 0 amide bonds. The molecule has 2 nitrogen and oxygen atoms in total. The maximum Gasteiger partial charge on any atom is 0.0992 e. The monoisotopic (exact) mass is 264 g/mol. The van der Waals surface area contributed by atoms with E-state index in [1.165, 1.54) is 19.3 Å². The predicted molar refractivity (Wildman–Crippen MR) is 64.7 cm³/mol. The average molecular weight is 265 g/mol. The second-order valence-electron chi connectivity index (χ2n) is 4.38. The van der Waals surface area contributed by atoms with Gasteiger partial charge in [-0.2, -0.15) is 5.26 Å². The first kappa shape index (κ1) is 10.5. The van der Waals surface area contributed by atoms with Gasteiger partial charge in [-0.05, 0) is 44.4 Å². The molecule has 0 unspecified atom stereocenters. The van der Waals surface area contributed by atoms with E-state index >= 15 is 0 Å². The van der Waals surface area contributed by atoms with Gasteiger partial charge in [0.25, 0.3) is 0 Å². The summed E-state index contributed by atoms with van der Waals surface area (Å²) in [6, 6.07) is 7.90. The van der Waals surface area contributed by atoms with Crippen LogP contribution in [0.25, 0.3) is 0 Å². The van der Waals surface area contributed by atoms with E-state index < -0.39 is 0 Å². The summed E-state index contributed by atoms with van der Waals surface area (Å²) in [5.41, 5.74) is 1.95. The zero-order valence-electron chi connectivity index (χ0n) is 8.68. The zero-order valence-corrected chi connectivity index (χ0v) is 10.3. The van der Waals surface area contributed by atoms with Gasteiger partial charge < -0.3 is 5.32 Å². The number of rotatable bonds is 2. The van der Waals surface area contributed by atoms with Crippen molar-refractivity contribution in [3.8, 4) is 6.07 Å². The minimum atomic E-state index is 0.230. The topological polar surface area (TPSA) is 35.8 Å². The van der Waals surface area contributed by atoms with Gasteiger partial charge in [-0.25, -0.2) is 0 Å². The van der Waals surface area contributed by atoms with E-state index in [1.54, 1.807) is 0 Å². The van der Waals surface area contributed by atoms with Gasteiger partial charge in [0.15, 0.2) is 0 Å². The molecule has 0 atom stereocenters. The second-order valence-corrected chi connectivity index (χ2v) is 5.30. The number of hydrogen-bond acceptors (Lipinski definition) is 2. The Labute approximate surface area is 98.4 Å². The van der Waals surface area contributed by atoms with Crippen molar-refractivity contribution in [2.45, 2.75) is 31.7 Å². The molecule has 0 aromatic heterocycles. The Hall–Kier alpha value is -1.01. The van der Waals surface area contributed by atoms with Gasteiger partial charge in [0.1, 0.15) is 0 Å². The van der Waals surface area contributed by atoms with E-state index in [9.17, 15) is 0 Å². The largest absolute Gasteiger partial charge is 0.380 e. The molecule has 3 heteroatoms. The van der Waals surface area contributed by atoms with Gasteiger partial charge >= 0.3 is 0 Å². The van der Waals surface area contributed by atoms with E-state index in [0.29, 0.717) is 5.56 Å². The number of halogens is 1. The fourth-order valence-electron chi connectivity index (χ4n) is 1.91. The fourth-order valence-corrected chi connectivity index (χ4v) is 2.40. The van der Waals surface area contributed by atoms with Crippen LogP contribution in [0.1, 0.15) is 31.7 Å². The first-order valence-corrected chi connectivity index (χ1v) is 5.89. The lowest BCUT2D eigenvalue weighted by Gasteiger charge is -2.40. The van der Waals surface area contributed by atoms with Crippen LogP contribution in [0.2, 0.25) is 0 Å². The molecule has 1 saturated carbocycles. The van der Waals surface area contributed by atoms with Crippen molar-refractivity contribution < 1.29 is 0 Å². The highest BCUT2D eigenvalue weighted by atomic mass is 79.9. The summed E-state index contributed by atoms with van der Waals surface area (Å²) in [5, 5.41) is 12.3. The number of hydrogen-bond donors (Lipinski definition) is 1. The molecule has 2 rings (SSSR count). The highest BCUT2D eigenvalue weighted by molar-refractivity contribution is 9.10. The van der Waals surface area contributed by atoms with Crippen LogP contribution in [0.3, 0.4) is 0 Å². The van der Waals surface area contributed by atoms with Crippen LogP contribution < -0.4 is 5.32 Å². The summed E-state index contributed by atoms with van der Waals surface area (Å²) in [5.74, 6) is 0. The molecule has 1 aromatic rings. The van der Waals surface area contributed by atoms with E-state index in [-0.39, 0.29) is 5.54 Å². The van der Waals surface area contributed by atoms with Gasteiger partial charge in [0.2, 0.25) is 0 Å². The maximum atomic E-state index is 8.86. The molecule has 15 heavy (non-hydrogen) atoms. The highest BCUT2D eigenvalue weighted by Gasteiger charge is 2.31. The minimum Gasteiger partial charge on any atom is -0.380 e. The molecular formula is C12H13BrN2. The Morgan fingerprint density at radius 3 is 2.67 bits per heavy atom. The molecule has 0 heterocycles. The van der Waals surface area contributed by atoms with Crippen LogP contribution in [0.15, 0.2) is 22.7 Å². The molecule has 0 saturated heterocycles. The fraction of sp³-hybridized carbons (Fsp3) is 0.417. The number of nitriles is 1. The molecule has 0 radical (unpaired) electrons. The van der Waals surface area contributed by atoms with Gasteiger partial charge in [-0.3, -0.25) is 0 Å². The summed E-state index contributed by atoms with van der Waals surface area (Å²) < 4.78 is 0.951. The summed E-state index contributed by atoms with van der Waals surface area (Å²) in [6.45, 7) is 2.23. The van der Waals surface area contributed by atoms with Crippen LogP contribution in [0, 0.1) is 11.3 Å². The average Bonchev–Trinajstić information content (AvgIpc) is 2.14. The second kappa shape index (κ2) is 3.86. The minimum absolute atomic E-state index is 0.230. The third-order valence-electron chi connectivity index (χ3n) is 2.93. The van der Waals surface area contributed by atoms with Crippen LogP contribution in [-0.4, -0.2) is 5.54 Å². The van der Waals surface area contributed by atoms with Crippen LogP contribution >= 0.6 is 15.9 Å². The number of nitrogens with one attached hydrogen (secondary N) is 1. The van der Waals surface area contributed by atoms with E-state index in [0.717, 1.165) is 10.2 Å². The van der Waals surface area contributed by atoms with Crippen molar-refractivity contribution in [2.75, 3.05) is 5.32 Å².